The molecule has 0 fully saturated rings. The Kier molecular flexibility index (Phi) is 5.20. The molecule has 2 heterocycles. The first-order chi connectivity index (χ1) is 12.4. The van der Waals surface area contributed by atoms with Crippen LogP contribution in [0.4, 0.5) is 0 Å². The summed E-state index contributed by atoms with van der Waals surface area (Å²) in [7, 11) is 0. The molecule has 7 heteroatoms. The molecule has 0 saturated heterocycles. The van der Waals surface area contributed by atoms with Crippen LogP contribution in [0, 0.1) is 0 Å². The number of halogens is 2. The first-order valence-corrected chi connectivity index (χ1v) is 8.64. The van der Waals surface area contributed by atoms with E-state index < -0.39 is 23.5 Å². The molecular weight excluding hydrogens is 377 g/mol. The third kappa shape index (κ3) is 3.28. The number of aliphatic hydroxyl groups is 1. The van der Waals surface area contributed by atoms with Crippen molar-refractivity contribution in [2.75, 3.05) is 6.54 Å². The molecule has 1 atom stereocenters. The molecule has 1 aliphatic rings. The smallest absolute Gasteiger partial charge is 0.290 e. The summed E-state index contributed by atoms with van der Waals surface area (Å²) >= 11 is 12.0. The third-order valence-electron chi connectivity index (χ3n) is 4.11. The molecule has 3 rings (SSSR count). The van der Waals surface area contributed by atoms with Crippen LogP contribution in [0.1, 0.15) is 24.3 Å². The van der Waals surface area contributed by atoms with Crippen LogP contribution in [0.3, 0.4) is 0 Å². The number of amides is 1. The highest BCUT2D eigenvalue weighted by Gasteiger charge is 2.42. The summed E-state index contributed by atoms with van der Waals surface area (Å²) in [6, 6.07) is 7.50. The largest absolute Gasteiger partial charge is 0.503 e. The molecule has 5 nitrogen and oxygen atoms in total. The lowest BCUT2D eigenvalue weighted by Crippen LogP contribution is -2.30. The fraction of sp³-hybridized carbons (Fsp3) is 0.158. The Balaban J connectivity index is 2.02. The zero-order valence-electron chi connectivity index (χ0n) is 13.8. The highest BCUT2D eigenvalue weighted by atomic mass is 35.5. The van der Waals surface area contributed by atoms with Gasteiger partial charge in [0, 0.05) is 6.54 Å². The lowest BCUT2D eigenvalue weighted by molar-refractivity contribution is -0.129. The average molecular weight is 392 g/mol. The predicted octanol–water partition coefficient (Wildman–Crippen LogP) is 4.58. The number of allylic oxidation sites excluding steroid dienone is 1. The number of benzene rings is 1. The maximum absolute atomic E-state index is 12.7. The first-order valence-electron chi connectivity index (χ1n) is 7.89. The molecule has 0 bridgehead atoms. The van der Waals surface area contributed by atoms with Crippen LogP contribution in [-0.2, 0) is 9.59 Å². The SMILES string of the molecule is CCN1C(=O)C(O)=C(C(=O)/C=C/c2ccco2)C1c1ccc(Cl)c(Cl)c1. The van der Waals surface area contributed by atoms with Crippen molar-refractivity contribution in [3.63, 3.8) is 0 Å². The second-order valence-corrected chi connectivity index (χ2v) is 6.46. The van der Waals surface area contributed by atoms with Crippen molar-refractivity contribution < 1.29 is 19.1 Å². The van der Waals surface area contributed by atoms with Gasteiger partial charge in [-0.1, -0.05) is 29.3 Å². The summed E-state index contributed by atoms with van der Waals surface area (Å²) in [5.41, 5.74) is 0.589. The molecule has 1 N–H and O–H groups in total. The van der Waals surface area contributed by atoms with Gasteiger partial charge in [-0.25, -0.2) is 0 Å². The normalized spacial score (nSPS) is 17.6. The van der Waals surface area contributed by atoms with E-state index in [2.05, 4.69) is 0 Å². The molecule has 0 saturated carbocycles. The first kappa shape index (κ1) is 18.3. The number of hydrogen-bond acceptors (Lipinski definition) is 4. The van der Waals surface area contributed by atoms with Gasteiger partial charge >= 0.3 is 0 Å². The van der Waals surface area contributed by atoms with Crippen molar-refractivity contribution in [1.82, 2.24) is 4.90 Å². The number of rotatable bonds is 5. The number of aliphatic hydroxyl groups excluding tert-OH is 1. The lowest BCUT2D eigenvalue weighted by Gasteiger charge is -2.25. The Morgan fingerprint density at radius 3 is 2.69 bits per heavy atom. The number of furan rings is 1. The van der Waals surface area contributed by atoms with Crippen LogP contribution < -0.4 is 0 Å². The van der Waals surface area contributed by atoms with E-state index in [-0.39, 0.29) is 5.57 Å². The van der Waals surface area contributed by atoms with E-state index in [1.54, 1.807) is 37.3 Å². The lowest BCUT2D eigenvalue weighted by atomic mass is 9.96. The fourth-order valence-corrected chi connectivity index (χ4v) is 3.20. The van der Waals surface area contributed by atoms with Crippen LogP contribution in [-0.4, -0.2) is 28.2 Å². The fourth-order valence-electron chi connectivity index (χ4n) is 2.89. The Hall–Kier alpha value is -2.50. The van der Waals surface area contributed by atoms with E-state index >= 15 is 0 Å². The molecule has 1 aromatic heterocycles. The van der Waals surface area contributed by atoms with Crippen molar-refractivity contribution in [2.45, 2.75) is 13.0 Å². The number of ketones is 1. The number of carbonyl (C=O) groups excluding carboxylic acids is 2. The minimum Gasteiger partial charge on any atom is -0.503 e. The summed E-state index contributed by atoms with van der Waals surface area (Å²) in [5.74, 6) is -1.16. The average Bonchev–Trinajstić information content (AvgIpc) is 3.22. The number of likely N-dealkylation sites (N-methyl/N-ethyl adjacent to an activating group) is 1. The van der Waals surface area contributed by atoms with E-state index in [4.69, 9.17) is 27.6 Å². The van der Waals surface area contributed by atoms with Gasteiger partial charge < -0.3 is 14.4 Å². The van der Waals surface area contributed by atoms with E-state index in [1.807, 2.05) is 0 Å². The predicted molar refractivity (Wildman–Crippen MR) is 99.0 cm³/mol. The Morgan fingerprint density at radius 1 is 1.31 bits per heavy atom. The molecule has 1 aromatic carbocycles. The summed E-state index contributed by atoms with van der Waals surface area (Å²) in [6.45, 7) is 2.08. The van der Waals surface area contributed by atoms with Gasteiger partial charge in [0.05, 0.1) is 27.9 Å². The Bertz CT molecular complexity index is 916. The van der Waals surface area contributed by atoms with Crippen molar-refractivity contribution in [3.05, 3.63) is 75.4 Å². The number of nitrogens with zero attached hydrogens (tertiary/aromatic N) is 1. The highest BCUT2D eigenvalue weighted by molar-refractivity contribution is 6.42. The van der Waals surface area contributed by atoms with Crippen LogP contribution in [0.25, 0.3) is 6.08 Å². The number of carbonyl (C=O) groups is 2. The topological polar surface area (TPSA) is 70.8 Å². The van der Waals surface area contributed by atoms with E-state index in [9.17, 15) is 14.7 Å². The van der Waals surface area contributed by atoms with Crippen LogP contribution in [0.2, 0.25) is 10.0 Å². The number of hydrogen-bond donors (Lipinski definition) is 1. The monoisotopic (exact) mass is 391 g/mol. The molecule has 2 aromatic rings. The molecular formula is C19H15Cl2NO4. The second-order valence-electron chi connectivity index (χ2n) is 5.64. The maximum Gasteiger partial charge on any atom is 0.290 e. The van der Waals surface area contributed by atoms with Crippen molar-refractivity contribution in [3.8, 4) is 0 Å². The minimum atomic E-state index is -0.740. The van der Waals surface area contributed by atoms with Gasteiger partial charge in [-0.05, 0) is 48.9 Å². The van der Waals surface area contributed by atoms with Crippen molar-refractivity contribution >= 4 is 41.0 Å². The molecule has 0 radical (unpaired) electrons. The van der Waals surface area contributed by atoms with Gasteiger partial charge in [0.2, 0.25) is 0 Å². The quantitative estimate of drug-likeness (QED) is 0.756. The minimum absolute atomic E-state index is 0.00181. The van der Waals surface area contributed by atoms with Gasteiger partial charge in [0.25, 0.3) is 5.91 Å². The van der Waals surface area contributed by atoms with Crippen molar-refractivity contribution in [1.29, 1.82) is 0 Å². The van der Waals surface area contributed by atoms with Crippen LogP contribution >= 0.6 is 23.2 Å². The summed E-state index contributed by atoms with van der Waals surface area (Å²) in [5, 5.41) is 11.0. The van der Waals surface area contributed by atoms with Gasteiger partial charge in [0.1, 0.15) is 5.76 Å². The molecule has 0 spiro atoms. The van der Waals surface area contributed by atoms with E-state index in [1.165, 1.54) is 23.3 Å². The highest BCUT2D eigenvalue weighted by Crippen LogP contribution is 2.39. The third-order valence-corrected chi connectivity index (χ3v) is 4.85. The molecule has 1 amide bonds. The second kappa shape index (κ2) is 7.40. The van der Waals surface area contributed by atoms with Crippen LogP contribution in [0.15, 0.2) is 58.4 Å². The van der Waals surface area contributed by atoms with Crippen molar-refractivity contribution in [2.24, 2.45) is 0 Å². The van der Waals surface area contributed by atoms with E-state index in [0.29, 0.717) is 27.9 Å². The van der Waals surface area contributed by atoms with Gasteiger partial charge in [-0.15, -0.1) is 0 Å². The van der Waals surface area contributed by atoms with Crippen LogP contribution in [0.5, 0.6) is 0 Å². The zero-order chi connectivity index (χ0) is 18.8. The van der Waals surface area contributed by atoms with E-state index in [0.717, 1.165) is 0 Å². The van der Waals surface area contributed by atoms with Gasteiger partial charge in [0.15, 0.2) is 11.5 Å². The molecule has 0 aliphatic carbocycles. The summed E-state index contributed by atoms with van der Waals surface area (Å²) in [4.78, 5) is 26.5. The molecule has 134 valence electrons. The van der Waals surface area contributed by atoms with Gasteiger partial charge in [-0.2, -0.15) is 0 Å². The Labute approximate surface area is 160 Å². The zero-order valence-corrected chi connectivity index (χ0v) is 15.3. The Morgan fingerprint density at radius 2 is 2.08 bits per heavy atom. The molecule has 1 unspecified atom stereocenters. The summed E-state index contributed by atoms with van der Waals surface area (Å²) < 4.78 is 5.15. The molecule has 26 heavy (non-hydrogen) atoms. The summed E-state index contributed by atoms with van der Waals surface area (Å²) in [6.07, 6.45) is 4.23. The standard InChI is InChI=1S/C19H15Cl2NO4/c1-2-22-17(11-5-7-13(20)14(21)10-11)16(18(24)19(22)25)15(23)8-6-12-4-3-9-26-12/h3-10,17,24H,2H2,1H3/b8-6+. The molecule has 1 aliphatic heterocycles. The maximum atomic E-state index is 12.7. The van der Waals surface area contributed by atoms with Gasteiger partial charge in [-0.3, -0.25) is 9.59 Å².